The maximum Gasteiger partial charge on any atom is 0.264 e. The maximum atomic E-state index is 13.4. The highest BCUT2D eigenvalue weighted by Crippen LogP contribution is 2.29. The maximum absolute atomic E-state index is 13.4. The Morgan fingerprint density at radius 1 is 1.06 bits per heavy atom. The van der Waals surface area contributed by atoms with Crippen LogP contribution in [0.25, 0.3) is 0 Å². The lowest BCUT2D eigenvalue weighted by Gasteiger charge is -2.24. The number of carbonyl (C=O) groups is 1. The molecule has 0 bridgehead atoms. The lowest BCUT2D eigenvalue weighted by Crippen LogP contribution is -2.39. The van der Waals surface area contributed by atoms with Crippen molar-refractivity contribution in [3.63, 3.8) is 0 Å². The van der Waals surface area contributed by atoms with Gasteiger partial charge >= 0.3 is 0 Å². The van der Waals surface area contributed by atoms with Crippen molar-refractivity contribution in [2.45, 2.75) is 11.8 Å². The van der Waals surface area contributed by atoms with Gasteiger partial charge in [0.15, 0.2) is 11.5 Å². The van der Waals surface area contributed by atoms with Crippen molar-refractivity contribution >= 4 is 39.4 Å². The minimum atomic E-state index is -4.05. The van der Waals surface area contributed by atoms with Crippen LogP contribution >= 0.6 is 11.6 Å². The fourth-order valence-electron chi connectivity index (χ4n) is 3.14. The number of hydrogen-bond acceptors (Lipinski definition) is 6. The molecule has 10 heteroatoms. The van der Waals surface area contributed by atoms with Crippen LogP contribution in [-0.2, 0) is 14.8 Å². The number of ether oxygens (including phenoxy) is 2. The Balaban J connectivity index is 1.85. The molecule has 3 rings (SSSR count). The molecule has 0 saturated carbocycles. The quantitative estimate of drug-likeness (QED) is 0.353. The summed E-state index contributed by atoms with van der Waals surface area (Å²) >= 11 is 6.08. The van der Waals surface area contributed by atoms with E-state index in [-0.39, 0.29) is 10.6 Å². The number of nitrogens with one attached hydrogen (secondary N) is 1. The van der Waals surface area contributed by atoms with Gasteiger partial charge in [-0.1, -0.05) is 41.4 Å². The molecule has 0 radical (unpaired) electrons. The van der Waals surface area contributed by atoms with Gasteiger partial charge in [-0.05, 0) is 49.4 Å². The normalized spacial score (nSPS) is 11.3. The first-order valence-corrected chi connectivity index (χ1v) is 12.0. The van der Waals surface area contributed by atoms with Gasteiger partial charge in [0.2, 0.25) is 0 Å². The third kappa shape index (κ3) is 5.86. The second-order valence-electron chi connectivity index (χ2n) is 7.18. The number of benzene rings is 3. The minimum absolute atomic E-state index is 0.0514. The summed E-state index contributed by atoms with van der Waals surface area (Å²) < 4.78 is 38.3. The third-order valence-electron chi connectivity index (χ3n) is 4.82. The number of methoxy groups -OCH3 is 2. The summed E-state index contributed by atoms with van der Waals surface area (Å²) in [6, 6.07) is 17.9. The van der Waals surface area contributed by atoms with E-state index in [4.69, 9.17) is 21.1 Å². The zero-order chi connectivity index (χ0) is 24.7. The van der Waals surface area contributed by atoms with E-state index >= 15 is 0 Å². The Kier molecular flexibility index (Phi) is 8.14. The summed E-state index contributed by atoms with van der Waals surface area (Å²) in [7, 11) is -1.05. The smallest absolute Gasteiger partial charge is 0.264 e. The van der Waals surface area contributed by atoms with Crippen LogP contribution < -0.4 is 19.2 Å². The van der Waals surface area contributed by atoms with Gasteiger partial charge in [0.1, 0.15) is 6.54 Å². The molecule has 0 aliphatic carbocycles. The summed E-state index contributed by atoms with van der Waals surface area (Å²) in [5.41, 5.74) is 4.10. The predicted octanol–water partition coefficient (Wildman–Crippen LogP) is 4.01. The van der Waals surface area contributed by atoms with Crippen LogP contribution in [0.3, 0.4) is 0 Å². The molecule has 8 nitrogen and oxygen atoms in total. The van der Waals surface area contributed by atoms with Crippen LogP contribution in [0.5, 0.6) is 11.5 Å². The van der Waals surface area contributed by atoms with Crippen molar-refractivity contribution in [1.82, 2.24) is 5.43 Å². The van der Waals surface area contributed by atoms with E-state index in [9.17, 15) is 13.2 Å². The molecule has 34 heavy (non-hydrogen) atoms. The zero-order valence-corrected chi connectivity index (χ0v) is 20.4. The average molecular weight is 502 g/mol. The number of carbonyl (C=O) groups excluding carboxylic acids is 1. The fourth-order valence-corrected chi connectivity index (χ4v) is 4.73. The Morgan fingerprint density at radius 3 is 2.41 bits per heavy atom. The summed E-state index contributed by atoms with van der Waals surface area (Å²) in [6.07, 6.45) is 1.39. The van der Waals surface area contributed by atoms with Crippen molar-refractivity contribution in [3.05, 3.63) is 82.9 Å². The summed E-state index contributed by atoms with van der Waals surface area (Å²) in [5, 5.41) is 4.29. The largest absolute Gasteiger partial charge is 0.493 e. The standard InChI is InChI=1S/C24H24ClN3O5S/c1-17-10-12-21(13-11-17)34(30,31)28(20-8-5-7-19(25)14-20)16-23(29)27-26-15-18-6-4-9-22(32-2)24(18)33-3/h4-15H,16H2,1-3H3,(H,27,29)/b26-15-. The predicted molar refractivity (Wildman–Crippen MR) is 132 cm³/mol. The minimum Gasteiger partial charge on any atom is -0.493 e. The number of amides is 1. The molecule has 0 aliphatic rings. The highest BCUT2D eigenvalue weighted by molar-refractivity contribution is 7.92. The number of halogens is 1. The fraction of sp³-hybridized carbons (Fsp3) is 0.167. The monoisotopic (exact) mass is 501 g/mol. The van der Waals surface area contributed by atoms with Gasteiger partial charge in [-0.2, -0.15) is 5.10 Å². The number of hydrogen-bond donors (Lipinski definition) is 1. The van der Waals surface area contributed by atoms with Gasteiger partial charge < -0.3 is 9.47 Å². The highest BCUT2D eigenvalue weighted by atomic mass is 35.5. The molecule has 0 fully saturated rings. The Hall–Kier alpha value is -3.56. The number of rotatable bonds is 9. The molecular formula is C24H24ClN3O5S. The van der Waals surface area contributed by atoms with Crippen LogP contribution in [0.2, 0.25) is 5.02 Å². The van der Waals surface area contributed by atoms with E-state index in [1.807, 2.05) is 6.92 Å². The van der Waals surface area contributed by atoms with Gasteiger partial charge in [0.05, 0.1) is 31.0 Å². The Morgan fingerprint density at radius 2 is 1.76 bits per heavy atom. The molecule has 3 aromatic carbocycles. The van der Waals surface area contributed by atoms with Gasteiger partial charge in [0.25, 0.3) is 15.9 Å². The average Bonchev–Trinajstić information content (AvgIpc) is 2.82. The first-order chi connectivity index (χ1) is 16.3. The molecule has 0 atom stereocenters. The van der Waals surface area contributed by atoms with Crippen LogP contribution in [-0.4, -0.2) is 41.3 Å². The summed E-state index contributed by atoms with van der Waals surface area (Å²) in [6.45, 7) is 1.34. The van der Waals surface area contributed by atoms with Gasteiger partial charge in [0, 0.05) is 10.6 Å². The summed E-state index contributed by atoms with van der Waals surface area (Å²) in [4.78, 5) is 12.7. The first kappa shape index (κ1) is 25.1. The molecule has 0 aromatic heterocycles. The molecule has 0 saturated heterocycles. The van der Waals surface area contributed by atoms with E-state index in [0.717, 1.165) is 9.87 Å². The molecule has 1 N–H and O–H groups in total. The number of sulfonamides is 1. The lowest BCUT2D eigenvalue weighted by atomic mass is 10.2. The van der Waals surface area contributed by atoms with Gasteiger partial charge in [-0.3, -0.25) is 9.10 Å². The number of nitrogens with zero attached hydrogens (tertiary/aromatic N) is 2. The highest BCUT2D eigenvalue weighted by Gasteiger charge is 2.27. The molecule has 3 aromatic rings. The van der Waals surface area contributed by atoms with E-state index in [1.54, 1.807) is 48.5 Å². The second-order valence-corrected chi connectivity index (χ2v) is 9.48. The number of hydrazone groups is 1. The van der Waals surface area contributed by atoms with E-state index in [2.05, 4.69) is 10.5 Å². The van der Waals surface area contributed by atoms with Crippen LogP contribution in [0.1, 0.15) is 11.1 Å². The molecule has 0 aliphatic heterocycles. The number of para-hydroxylation sites is 1. The van der Waals surface area contributed by atoms with Gasteiger partial charge in [-0.25, -0.2) is 13.8 Å². The van der Waals surface area contributed by atoms with Gasteiger partial charge in [-0.15, -0.1) is 0 Å². The Labute approximate surface area is 203 Å². The van der Waals surface area contributed by atoms with E-state index in [0.29, 0.717) is 22.1 Å². The zero-order valence-electron chi connectivity index (χ0n) is 18.9. The van der Waals surface area contributed by atoms with Crippen LogP contribution in [0.15, 0.2) is 76.7 Å². The molecular weight excluding hydrogens is 478 g/mol. The second kappa shape index (κ2) is 11.0. The van der Waals surface area contributed by atoms with Crippen molar-refractivity contribution in [3.8, 4) is 11.5 Å². The topological polar surface area (TPSA) is 97.3 Å². The first-order valence-electron chi connectivity index (χ1n) is 10.1. The van der Waals surface area contributed by atoms with Crippen molar-refractivity contribution in [2.75, 3.05) is 25.1 Å². The molecule has 0 heterocycles. The molecule has 178 valence electrons. The van der Waals surface area contributed by atoms with Crippen molar-refractivity contribution < 1.29 is 22.7 Å². The number of aryl methyl sites for hydroxylation is 1. The van der Waals surface area contributed by atoms with Crippen molar-refractivity contribution in [1.29, 1.82) is 0 Å². The SMILES string of the molecule is COc1cccc(/C=N\NC(=O)CN(c2cccc(Cl)c2)S(=O)(=O)c2ccc(C)cc2)c1OC. The van der Waals surface area contributed by atoms with E-state index < -0.39 is 22.5 Å². The molecule has 0 unspecified atom stereocenters. The number of anilines is 1. The summed E-state index contributed by atoms with van der Waals surface area (Å²) in [5.74, 6) is 0.313. The van der Waals surface area contributed by atoms with Crippen LogP contribution in [0, 0.1) is 6.92 Å². The van der Waals surface area contributed by atoms with E-state index in [1.165, 1.54) is 38.6 Å². The Bertz CT molecular complexity index is 1290. The third-order valence-corrected chi connectivity index (χ3v) is 6.84. The molecule has 0 spiro atoms. The lowest BCUT2D eigenvalue weighted by molar-refractivity contribution is -0.119. The van der Waals surface area contributed by atoms with Crippen LogP contribution in [0.4, 0.5) is 5.69 Å². The molecule has 1 amide bonds. The van der Waals surface area contributed by atoms with Crippen molar-refractivity contribution in [2.24, 2.45) is 5.10 Å².